The Bertz CT molecular complexity index is 2210. The van der Waals surface area contributed by atoms with Crippen LogP contribution in [-0.4, -0.2) is 66.3 Å². The normalized spacial score (nSPS) is 10.4. The summed E-state index contributed by atoms with van der Waals surface area (Å²) in [5.74, 6) is -1.20. The summed E-state index contributed by atoms with van der Waals surface area (Å²) in [6, 6.07) is 24.9. The molecule has 6 aromatic rings. The van der Waals surface area contributed by atoms with E-state index in [-0.39, 0.29) is 17.9 Å². The SMILES string of the molecule is COCc1cccc(C(=O)C(=O)c2ccc3ncc(Br)cc3n2)c1.COCc1cccc(C(=O)Cc2ccc3ncc(Br)cc3n2)c1.O=[Se]=O. The number of methoxy groups -OCH3 is 2. The van der Waals surface area contributed by atoms with E-state index in [0.29, 0.717) is 35.4 Å². The second-order valence-corrected chi connectivity index (χ2v) is 12.6. The summed E-state index contributed by atoms with van der Waals surface area (Å²) < 4.78 is 28.7. The van der Waals surface area contributed by atoms with Crippen molar-refractivity contribution in [1.82, 2.24) is 19.9 Å². The molecule has 0 aliphatic rings. The van der Waals surface area contributed by atoms with E-state index in [1.807, 2.05) is 48.5 Å². The monoisotopic (exact) mass is 866 g/mol. The first kappa shape index (κ1) is 38.4. The summed E-state index contributed by atoms with van der Waals surface area (Å²) >= 11 is 5.08. The molecule has 6 rings (SSSR count). The summed E-state index contributed by atoms with van der Waals surface area (Å²) in [5.41, 5.74) is 6.44. The van der Waals surface area contributed by atoms with E-state index in [9.17, 15) is 14.4 Å². The zero-order valence-corrected chi connectivity index (χ0v) is 31.6. The molecule has 0 unspecified atom stereocenters. The first-order chi connectivity index (χ1) is 24.1. The van der Waals surface area contributed by atoms with Crippen LogP contribution in [0, 0.1) is 0 Å². The Kier molecular flexibility index (Phi) is 14.7. The molecule has 0 saturated heterocycles. The quantitative estimate of drug-likeness (QED) is 0.0798. The topological polar surface area (TPSA) is 155 Å². The number of benzene rings is 2. The van der Waals surface area contributed by atoms with E-state index in [4.69, 9.17) is 17.1 Å². The fourth-order valence-electron chi connectivity index (χ4n) is 4.72. The average Bonchev–Trinajstić information content (AvgIpc) is 3.11. The number of rotatable bonds is 10. The van der Waals surface area contributed by atoms with Crippen molar-refractivity contribution in [2.24, 2.45) is 0 Å². The maximum atomic E-state index is 12.5. The van der Waals surface area contributed by atoms with Crippen molar-refractivity contribution < 1.29 is 31.5 Å². The average molecular weight is 867 g/mol. The van der Waals surface area contributed by atoms with Gasteiger partial charge < -0.3 is 9.47 Å². The molecule has 0 aliphatic carbocycles. The van der Waals surface area contributed by atoms with E-state index < -0.39 is 26.4 Å². The van der Waals surface area contributed by atoms with Crippen LogP contribution in [0.2, 0.25) is 0 Å². The first-order valence-corrected chi connectivity index (χ1v) is 17.7. The van der Waals surface area contributed by atoms with Crippen molar-refractivity contribution >= 4 is 86.1 Å². The molecule has 0 aliphatic heterocycles. The second kappa shape index (κ2) is 19.1. The van der Waals surface area contributed by atoms with Crippen LogP contribution in [0.15, 0.2) is 106 Å². The number of ketones is 3. The number of pyridine rings is 4. The van der Waals surface area contributed by atoms with Crippen LogP contribution in [0.5, 0.6) is 0 Å². The minimum atomic E-state index is -1.62. The van der Waals surface area contributed by atoms with Crippen molar-refractivity contribution in [3.63, 3.8) is 0 Å². The van der Waals surface area contributed by atoms with Crippen LogP contribution in [0.4, 0.5) is 0 Å². The van der Waals surface area contributed by atoms with Crippen LogP contribution < -0.4 is 0 Å². The molecule has 0 spiro atoms. The number of ether oxygens (including phenoxy) is 2. The van der Waals surface area contributed by atoms with Gasteiger partial charge in [-0.1, -0.05) is 36.4 Å². The first-order valence-electron chi connectivity index (χ1n) is 14.7. The number of halogens is 2. The molecule has 0 radical (unpaired) electrons. The predicted octanol–water partition coefficient (Wildman–Crippen LogP) is 6.95. The number of fused-ring (bicyclic) bond motifs is 2. The zero-order chi connectivity index (χ0) is 36.0. The van der Waals surface area contributed by atoms with E-state index in [1.54, 1.807) is 56.9 Å². The molecule has 14 heteroatoms. The van der Waals surface area contributed by atoms with E-state index in [1.165, 1.54) is 6.07 Å². The fourth-order valence-corrected chi connectivity index (χ4v) is 5.35. The molecule has 254 valence electrons. The molecule has 4 aromatic heterocycles. The molecule has 0 bridgehead atoms. The van der Waals surface area contributed by atoms with Crippen LogP contribution in [0.3, 0.4) is 0 Å². The molecule has 0 N–H and O–H groups in total. The van der Waals surface area contributed by atoms with Gasteiger partial charge >= 0.3 is 22.5 Å². The Labute approximate surface area is 309 Å². The molecule has 11 nitrogen and oxygen atoms in total. The molecule has 0 amide bonds. The van der Waals surface area contributed by atoms with Crippen molar-refractivity contribution in [2.45, 2.75) is 19.6 Å². The van der Waals surface area contributed by atoms with Crippen LogP contribution in [-0.2, 0) is 36.8 Å². The van der Waals surface area contributed by atoms with Gasteiger partial charge in [0, 0.05) is 52.4 Å². The second-order valence-electron chi connectivity index (χ2n) is 10.5. The van der Waals surface area contributed by atoms with Gasteiger partial charge in [0.2, 0.25) is 5.78 Å². The Balaban J connectivity index is 0.000000209. The number of hydrogen-bond acceptors (Lipinski definition) is 11. The third-order valence-electron chi connectivity index (χ3n) is 6.91. The third kappa shape index (κ3) is 10.8. The molecule has 4 heterocycles. The summed E-state index contributed by atoms with van der Waals surface area (Å²) in [7, 11) is 3.21. The number of Topliss-reactive ketones (excluding diaryl/α,β-unsaturated/α-hetero) is 3. The third-order valence-corrected chi connectivity index (χ3v) is 7.77. The van der Waals surface area contributed by atoms with Crippen LogP contribution in [0.1, 0.15) is 48.0 Å². The van der Waals surface area contributed by atoms with Gasteiger partial charge in [0.05, 0.1) is 41.7 Å². The maximum absolute atomic E-state index is 12.5. The Hall–Kier alpha value is -4.43. The number of carbonyl (C=O) groups is 3. The Morgan fingerprint density at radius 2 is 1.16 bits per heavy atom. The fraction of sp³-hybridized carbons (Fsp3) is 0.139. The summed E-state index contributed by atoms with van der Waals surface area (Å²) in [5, 5.41) is 0. The predicted molar refractivity (Wildman–Crippen MR) is 193 cm³/mol. The molecular formula is C36H28Br2N4O7Se. The van der Waals surface area contributed by atoms with Crippen molar-refractivity contribution in [3.05, 3.63) is 140 Å². The summed E-state index contributed by atoms with van der Waals surface area (Å²) in [6.45, 7) is 0.873. The number of nitrogens with zero attached hydrogens (tertiary/aromatic N) is 4. The Morgan fingerprint density at radius 3 is 1.74 bits per heavy atom. The van der Waals surface area contributed by atoms with E-state index in [0.717, 1.165) is 36.8 Å². The molecule has 50 heavy (non-hydrogen) atoms. The van der Waals surface area contributed by atoms with Crippen LogP contribution >= 0.6 is 31.9 Å². The van der Waals surface area contributed by atoms with Gasteiger partial charge in [0.1, 0.15) is 5.69 Å². The van der Waals surface area contributed by atoms with Crippen LogP contribution in [0.25, 0.3) is 22.1 Å². The van der Waals surface area contributed by atoms with Gasteiger partial charge in [-0.25, -0.2) is 4.98 Å². The van der Waals surface area contributed by atoms with Gasteiger partial charge in [-0.05, 0) is 91.5 Å². The van der Waals surface area contributed by atoms with Gasteiger partial charge in [0.25, 0.3) is 5.78 Å². The molecule has 0 atom stereocenters. The summed E-state index contributed by atoms with van der Waals surface area (Å²) in [6.07, 6.45) is 3.65. The Morgan fingerprint density at radius 1 is 0.640 bits per heavy atom. The van der Waals surface area contributed by atoms with Crippen molar-refractivity contribution in [1.29, 1.82) is 0 Å². The van der Waals surface area contributed by atoms with Gasteiger partial charge in [-0.3, -0.25) is 29.3 Å². The number of hydrogen-bond donors (Lipinski definition) is 0. The van der Waals surface area contributed by atoms with Gasteiger partial charge in [0.15, 0.2) is 5.78 Å². The van der Waals surface area contributed by atoms with Crippen molar-refractivity contribution in [2.75, 3.05) is 14.2 Å². The zero-order valence-electron chi connectivity index (χ0n) is 26.7. The minimum absolute atomic E-state index is 0.0396. The molecule has 2 aromatic carbocycles. The molecular weight excluding hydrogens is 839 g/mol. The van der Waals surface area contributed by atoms with Gasteiger partial charge in [-0.15, -0.1) is 0 Å². The number of carbonyl (C=O) groups excluding carboxylic acids is 3. The molecule has 0 fully saturated rings. The van der Waals surface area contributed by atoms with Gasteiger partial charge in [-0.2, -0.15) is 0 Å². The molecule has 0 saturated carbocycles. The standard InChI is InChI=1S/C18H13BrN2O3.C18H15BrN2O2.O2Se/c1-24-10-11-3-2-4-12(7-11)17(22)18(23)15-6-5-14-16(21-15)8-13(19)9-20-14;1-23-11-12-3-2-4-13(7-12)18(22)9-15-5-6-16-17(21-15)8-14(19)10-20-16;1-3-2/h2-9H,10H2,1H3;2-8,10H,9,11H2,1H3;. The van der Waals surface area contributed by atoms with E-state index >= 15 is 0 Å². The summed E-state index contributed by atoms with van der Waals surface area (Å²) in [4.78, 5) is 54.6. The van der Waals surface area contributed by atoms with E-state index in [2.05, 4.69) is 51.8 Å². The van der Waals surface area contributed by atoms with Crippen molar-refractivity contribution in [3.8, 4) is 0 Å². The number of aromatic nitrogens is 4.